The molecule has 17 heavy (non-hydrogen) atoms. The van der Waals surface area contributed by atoms with Gasteiger partial charge in [0.25, 0.3) is 0 Å². The van der Waals surface area contributed by atoms with Gasteiger partial charge in [-0.1, -0.05) is 26.2 Å². The van der Waals surface area contributed by atoms with Crippen LogP contribution in [0, 0.1) is 0 Å². The summed E-state index contributed by atoms with van der Waals surface area (Å²) >= 11 is 0. The maximum Gasteiger partial charge on any atom is 0.246 e. The van der Waals surface area contributed by atoms with Gasteiger partial charge in [-0.3, -0.25) is 4.79 Å². The van der Waals surface area contributed by atoms with Gasteiger partial charge in [-0.25, -0.2) is 0 Å². The third kappa shape index (κ3) is 5.50. The van der Waals surface area contributed by atoms with Crippen LogP contribution < -0.4 is 11.1 Å². The van der Waals surface area contributed by atoms with Gasteiger partial charge in [0.2, 0.25) is 5.91 Å². The molecule has 4 heteroatoms. The fraction of sp³-hybridized carbons (Fsp3) is 0.923. The van der Waals surface area contributed by atoms with Crippen LogP contribution in [0.1, 0.15) is 52.4 Å². The first kappa shape index (κ1) is 14.5. The molecule has 3 N–H and O–H groups in total. The molecule has 1 amide bonds. The van der Waals surface area contributed by atoms with E-state index in [1.807, 2.05) is 13.8 Å². The second-order valence-electron chi connectivity index (χ2n) is 5.03. The zero-order valence-corrected chi connectivity index (χ0v) is 11.1. The number of rotatable bonds is 5. The molecule has 0 aromatic rings. The molecule has 1 aliphatic rings. The van der Waals surface area contributed by atoms with Crippen molar-refractivity contribution in [2.75, 3.05) is 6.61 Å². The molecule has 0 bridgehead atoms. The number of carbonyl (C=O) groups excluding carboxylic acids is 1. The molecule has 3 atom stereocenters. The van der Waals surface area contributed by atoms with Crippen molar-refractivity contribution in [1.29, 1.82) is 0 Å². The number of ether oxygens (including phenoxy) is 1. The van der Waals surface area contributed by atoms with E-state index < -0.39 is 0 Å². The van der Waals surface area contributed by atoms with Crippen LogP contribution in [0.2, 0.25) is 0 Å². The molecule has 1 rings (SSSR count). The Morgan fingerprint density at radius 3 is 2.82 bits per heavy atom. The number of carbonyl (C=O) groups is 1. The summed E-state index contributed by atoms with van der Waals surface area (Å²) in [5.74, 6) is -0.0317. The summed E-state index contributed by atoms with van der Waals surface area (Å²) in [7, 11) is 0. The third-order valence-corrected chi connectivity index (χ3v) is 3.45. The predicted molar refractivity (Wildman–Crippen MR) is 68.7 cm³/mol. The highest BCUT2D eigenvalue weighted by atomic mass is 16.5. The molecule has 3 unspecified atom stereocenters. The summed E-state index contributed by atoms with van der Waals surface area (Å²) in [5.41, 5.74) is 6.04. The van der Waals surface area contributed by atoms with E-state index in [0.717, 1.165) is 25.7 Å². The van der Waals surface area contributed by atoms with E-state index in [1.54, 1.807) is 0 Å². The lowest BCUT2D eigenvalue weighted by molar-refractivity contribution is -0.128. The first-order chi connectivity index (χ1) is 8.13. The van der Waals surface area contributed by atoms with Crippen molar-refractivity contribution in [2.24, 2.45) is 5.73 Å². The fourth-order valence-electron chi connectivity index (χ4n) is 2.11. The zero-order chi connectivity index (χ0) is 12.7. The molecule has 1 saturated carbocycles. The van der Waals surface area contributed by atoms with Crippen LogP contribution in [-0.2, 0) is 9.53 Å². The molecule has 0 radical (unpaired) electrons. The molecular formula is C13H26N2O2. The summed E-state index contributed by atoms with van der Waals surface area (Å²) in [6, 6.07) is 0.308. The smallest absolute Gasteiger partial charge is 0.246 e. The summed E-state index contributed by atoms with van der Waals surface area (Å²) in [6.45, 7) is 4.19. The minimum Gasteiger partial charge on any atom is -0.367 e. The molecule has 0 aliphatic heterocycles. The Labute approximate surface area is 104 Å². The molecule has 0 spiro atoms. The van der Waals surface area contributed by atoms with Gasteiger partial charge in [-0.05, 0) is 26.2 Å². The van der Waals surface area contributed by atoms with Gasteiger partial charge in [-0.15, -0.1) is 0 Å². The van der Waals surface area contributed by atoms with Gasteiger partial charge in [0.15, 0.2) is 0 Å². The van der Waals surface area contributed by atoms with E-state index >= 15 is 0 Å². The van der Waals surface area contributed by atoms with Crippen LogP contribution in [0.15, 0.2) is 0 Å². The number of amides is 1. The number of nitrogens with one attached hydrogen (secondary N) is 1. The second-order valence-corrected chi connectivity index (χ2v) is 5.03. The van der Waals surface area contributed by atoms with Gasteiger partial charge in [0.05, 0.1) is 6.10 Å². The quantitative estimate of drug-likeness (QED) is 0.719. The van der Waals surface area contributed by atoms with Gasteiger partial charge in [-0.2, -0.15) is 0 Å². The van der Waals surface area contributed by atoms with E-state index in [4.69, 9.17) is 10.5 Å². The molecule has 0 aromatic heterocycles. The lowest BCUT2D eigenvalue weighted by atomic mass is 10.1. The molecule has 1 aliphatic carbocycles. The van der Waals surface area contributed by atoms with Crippen LogP contribution in [-0.4, -0.2) is 30.7 Å². The van der Waals surface area contributed by atoms with Crippen molar-refractivity contribution >= 4 is 5.91 Å². The Hall–Kier alpha value is -0.610. The van der Waals surface area contributed by atoms with E-state index in [9.17, 15) is 4.79 Å². The first-order valence-electron chi connectivity index (χ1n) is 6.80. The number of hydrogen-bond donors (Lipinski definition) is 2. The molecule has 0 saturated heterocycles. The number of nitrogens with two attached hydrogens (primary N) is 1. The molecule has 0 aromatic carbocycles. The van der Waals surface area contributed by atoms with Crippen LogP contribution in [0.5, 0.6) is 0 Å². The number of hydrogen-bond acceptors (Lipinski definition) is 3. The van der Waals surface area contributed by atoms with Crippen molar-refractivity contribution in [3.8, 4) is 0 Å². The van der Waals surface area contributed by atoms with E-state index in [0.29, 0.717) is 0 Å². The van der Waals surface area contributed by atoms with Crippen LogP contribution in [0.3, 0.4) is 0 Å². The van der Waals surface area contributed by atoms with Gasteiger partial charge >= 0.3 is 0 Å². The normalized spacial score (nSPS) is 27.2. The predicted octanol–water partition coefficient (Wildman–Crippen LogP) is 1.58. The first-order valence-corrected chi connectivity index (χ1v) is 6.80. The van der Waals surface area contributed by atoms with Crippen LogP contribution in [0.25, 0.3) is 0 Å². The van der Waals surface area contributed by atoms with E-state index in [-0.39, 0.29) is 30.7 Å². The lowest BCUT2D eigenvalue weighted by Gasteiger charge is -2.22. The van der Waals surface area contributed by atoms with E-state index in [1.165, 1.54) is 12.8 Å². The highest BCUT2D eigenvalue weighted by molar-refractivity contribution is 5.77. The average Bonchev–Trinajstić information content (AvgIpc) is 2.51. The van der Waals surface area contributed by atoms with Gasteiger partial charge in [0, 0.05) is 12.1 Å². The van der Waals surface area contributed by atoms with Crippen LogP contribution in [0.4, 0.5) is 0 Å². The minimum absolute atomic E-state index is 0.0317. The van der Waals surface area contributed by atoms with E-state index in [2.05, 4.69) is 5.32 Å². The molecule has 0 heterocycles. The maximum atomic E-state index is 11.6. The topological polar surface area (TPSA) is 64.3 Å². The Morgan fingerprint density at radius 1 is 1.41 bits per heavy atom. The SMILES string of the molecule is CCC(C)NC(=O)COC1CCCCCC1N. The molecule has 100 valence electrons. The average molecular weight is 242 g/mol. The van der Waals surface area contributed by atoms with Crippen molar-refractivity contribution in [2.45, 2.75) is 70.6 Å². The standard InChI is InChI=1S/C13H26N2O2/c1-3-10(2)15-13(16)9-17-12-8-6-4-5-7-11(12)14/h10-12H,3-9,14H2,1-2H3,(H,15,16). The summed E-state index contributed by atoms with van der Waals surface area (Å²) in [6.07, 6.45) is 6.56. The monoisotopic (exact) mass is 242 g/mol. The Kier molecular flexibility index (Phi) is 6.52. The minimum atomic E-state index is -0.0317. The van der Waals surface area contributed by atoms with Crippen LogP contribution >= 0.6 is 0 Å². The highest BCUT2D eigenvalue weighted by Crippen LogP contribution is 2.19. The molecule has 4 nitrogen and oxygen atoms in total. The molecule has 1 fully saturated rings. The Morgan fingerprint density at radius 2 is 2.12 bits per heavy atom. The lowest BCUT2D eigenvalue weighted by Crippen LogP contribution is -2.40. The van der Waals surface area contributed by atoms with Crippen molar-refractivity contribution in [1.82, 2.24) is 5.32 Å². The van der Waals surface area contributed by atoms with Crippen molar-refractivity contribution in [3.05, 3.63) is 0 Å². The highest BCUT2D eigenvalue weighted by Gasteiger charge is 2.21. The zero-order valence-electron chi connectivity index (χ0n) is 11.1. The summed E-state index contributed by atoms with van der Waals surface area (Å²) < 4.78 is 5.65. The molecular weight excluding hydrogens is 216 g/mol. The fourth-order valence-corrected chi connectivity index (χ4v) is 2.11. The Balaban J connectivity index is 2.26. The third-order valence-electron chi connectivity index (χ3n) is 3.45. The largest absolute Gasteiger partial charge is 0.367 e. The Bertz CT molecular complexity index is 233. The van der Waals surface area contributed by atoms with Gasteiger partial charge < -0.3 is 15.8 Å². The second kappa shape index (κ2) is 7.67. The maximum absolute atomic E-state index is 11.6. The summed E-state index contributed by atoms with van der Waals surface area (Å²) in [5, 5.41) is 2.89. The van der Waals surface area contributed by atoms with Crippen molar-refractivity contribution in [3.63, 3.8) is 0 Å². The van der Waals surface area contributed by atoms with Gasteiger partial charge in [0.1, 0.15) is 6.61 Å². The summed E-state index contributed by atoms with van der Waals surface area (Å²) in [4.78, 5) is 11.6. The van der Waals surface area contributed by atoms with Crippen molar-refractivity contribution < 1.29 is 9.53 Å².